The second kappa shape index (κ2) is 9.80. The van der Waals surface area contributed by atoms with E-state index in [9.17, 15) is 57.4 Å². The van der Waals surface area contributed by atoms with Crippen molar-refractivity contribution in [1.29, 1.82) is 0 Å². The first-order valence-corrected chi connectivity index (χ1v) is 14.3. The number of hydrogen-bond acceptors (Lipinski definition) is 6. The van der Waals surface area contributed by atoms with Crippen molar-refractivity contribution in [3.63, 3.8) is 0 Å². The molecule has 0 fully saturated rings. The number of rotatable bonds is 11. The van der Waals surface area contributed by atoms with Gasteiger partial charge in [0.05, 0.1) is 6.61 Å². The summed E-state index contributed by atoms with van der Waals surface area (Å²) in [5, 5.41) is 0. The minimum absolute atomic E-state index is 0.225. The molecular formula is C11H21NO13P4. The maximum Gasteiger partial charge on any atom is 0.355 e. The van der Waals surface area contributed by atoms with Crippen LogP contribution in [-0.4, -0.2) is 68.2 Å². The van der Waals surface area contributed by atoms with Gasteiger partial charge in [0.25, 0.3) is 0 Å². The highest BCUT2D eigenvalue weighted by Gasteiger charge is 2.58. The molecule has 0 saturated carbocycles. The summed E-state index contributed by atoms with van der Waals surface area (Å²) in [5.41, 5.74) is -6.37. The van der Waals surface area contributed by atoms with E-state index < -0.39 is 48.0 Å². The Hall–Kier alpha value is -0.420. The maximum absolute atomic E-state index is 11.7. The molecule has 0 unspecified atom stereocenters. The van der Waals surface area contributed by atoms with Crippen LogP contribution >= 0.6 is 30.4 Å². The van der Waals surface area contributed by atoms with Gasteiger partial charge in [0.15, 0.2) is 0 Å². The smallest absolute Gasteiger partial charge is 0.355 e. The first-order chi connectivity index (χ1) is 13.0. The number of ether oxygens (including phenoxy) is 1. The average Bonchev–Trinajstić information content (AvgIpc) is 2.46. The van der Waals surface area contributed by atoms with Crippen molar-refractivity contribution in [2.24, 2.45) is 0 Å². The van der Waals surface area contributed by atoms with Gasteiger partial charge in [-0.3, -0.25) is 23.2 Å². The molecule has 14 nitrogen and oxygen atoms in total. The highest BCUT2D eigenvalue weighted by Crippen LogP contribution is 2.68. The van der Waals surface area contributed by atoms with Crippen LogP contribution in [0.4, 0.5) is 0 Å². The molecule has 8 N–H and O–H groups in total. The zero-order valence-electron chi connectivity index (χ0n) is 14.5. The monoisotopic (exact) mass is 499 g/mol. The Morgan fingerprint density at radius 2 is 1.10 bits per heavy atom. The molecule has 0 atom stereocenters. The van der Waals surface area contributed by atoms with Crippen LogP contribution in [0.5, 0.6) is 5.75 Å². The molecule has 0 aliphatic rings. The highest BCUT2D eigenvalue weighted by molar-refractivity contribution is 7.72. The van der Waals surface area contributed by atoms with Gasteiger partial charge >= 0.3 is 30.4 Å². The third kappa shape index (κ3) is 8.32. The van der Waals surface area contributed by atoms with Gasteiger partial charge < -0.3 is 43.9 Å². The molecule has 1 aromatic rings. The highest BCUT2D eigenvalue weighted by atomic mass is 31.2. The van der Waals surface area contributed by atoms with E-state index in [1.807, 2.05) is 0 Å². The van der Waals surface area contributed by atoms with Crippen molar-refractivity contribution in [3.8, 4) is 5.75 Å². The minimum Gasteiger partial charge on any atom is -0.494 e. The molecule has 0 amide bonds. The quantitative estimate of drug-likeness (QED) is 0.148. The van der Waals surface area contributed by atoms with Gasteiger partial charge in [-0.25, -0.2) is 0 Å². The molecule has 0 spiro atoms. The van der Waals surface area contributed by atoms with E-state index in [0.717, 1.165) is 0 Å². The van der Waals surface area contributed by atoms with Gasteiger partial charge in [0.2, 0.25) is 11.0 Å². The lowest BCUT2D eigenvalue weighted by atomic mass is 10.3. The molecule has 0 aliphatic heterocycles. The lowest BCUT2D eigenvalue weighted by Gasteiger charge is -2.37. The van der Waals surface area contributed by atoms with Gasteiger partial charge in [0, 0.05) is 6.54 Å². The van der Waals surface area contributed by atoms with E-state index in [0.29, 0.717) is 5.75 Å². The molecule has 0 heterocycles. The largest absolute Gasteiger partial charge is 0.494 e. The van der Waals surface area contributed by atoms with E-state index in [4.69, 9.17) is 4.74 Å². The van der Waals surface area contributed by atoms with Crippen LogP contribution in [-0.2, 0) is 18.3 Å². The molecule has 0 bridgehead atoms. The van der Waals surface area contributed by atoms with Crippen molar-refractivity contribution >= 4 is 30.4 Å². The second-order valence-corrected chi connectivity index (χ2v) is 13.3. The van der Waals surface area contributed by atoms with E-state index in [1.165, 1.54) is 0 Å². The third-order valence-electron chi connectivity index (χ3n) is 3.37. The molecular weight excluding hydrogens is 478 g/mol. The third-order valence-corrected chi connectivity index (χ3v) is 10.6. The molecule has 1 rings (SSSR count). The van der Waals surface area contributed by atoms with Crippen LogP contribution < -0.4 is 4.74 Å². The summed E-state index contributed by atoms with van der Waals surface area (Å²) in [5.74, 6) is 0.349. The summed E-state index contributed by atoms with van der Waals surface area (Å²) in [6.07, 6.45) is -0.345. The number of hydrogen-bond donors (Lipinski definition) is 8. The van der Waals surface area contributed by atoms with E-state index in [-0.39, 0.29) is 17.9 Å². The van der Waals surface area contributed by atoms with E-state index in [2.05, 4.69) is 0 Å². The van der Waals surface area contributed by atoms with Crippen molar-refractivity contribution in [2.45, 2.75) is 17.5 Å². The Labute approximate surface area is 164 Å². The molecule has 18 heteroatoms. The number of nitrogens with zero attached hydrogens (tertiary/aromatic N) is 1. The topological polar surface area (TPSA) is 243 Å². The summed E-state index contributed by atoms with van der Waals surface area (Å²) < 4.78 is 51.9. The van der Waals surface area contributed by atoms with Gasteiger partial charge in [0.1, 0.15) is 5.75 Å². The molecule has 29 heavy (non-hydrogen) atoms. The maximum atomic E-state index is 11.7. The summed E-state index contributed by atoms with van der Waals surface area (Å²) in [4.78, 5) is 74.5. The Morgan fingerprint density at radius 3 is 1.45 bits per heavy atom. The Kier molecular flexibility index (Phi) is 9.00. The van der Waals surface area contributed by atoms with Gasteiger partial charge in [-0.15, -0.1) is 0 Å². The van der Waals surface area contributed by atoms with E-state index >= 15 is 0 Å². The van der Waals surface area contributed by atoms with Crippen LogP contribution in [0.15, 0.2) is 30.3 Å². The minimum atomic E-state index is -5.82. The van der Waals surface area contributed by atoms with Crippen molar-refractivity contribution in [2.75, 3.05) is 13.2 Å². The van der Waals surface area contributed by atoms with Gasteiger partial charge in [-0.2, -0.15) is 0 Å². The van der Waals surface area contributed by atoms with Crippen LogP contribution in [0.25, 0.3) is 0 Å². The standard InChI is InChI=1S/C11H21NO13P4/c13-26(14,15)10(27(16,17)18)12(11(28(19,20)21)29(22,23)24)7-4-8-25-9-5-2-1-3-6-9/h1-3,5-6,10-11H,4,7-8H2,(H2,13,14,15)(H2,16,17,18)(H2,19,20,21)(H2,22,23,24). The van der Waals surface area contributed by atoms with Gasteiger partial charge in [-0.1, -0.05) is 18.2 Å². The Bertz CT molecular complexity index is 763. The zero-order valence-corrected chi connectivity index (χ0v) is 18.1. The fraction of sp³-hybridized carbons (Fsp3) is 0.455. The Morgan fingerprint density at radius 1 is 0.724 bits per heavy atom. The predicted octanol–water partition coefficient (Wildman–Crippen LogP) is 0.0355. The SMILES string of the molecule is O=P(O)(O)C(N(CCCOc1ccccc1)C(P(=O)(O)O)P(=O)(O)O)P(=O)(O)O. The van der Waals surface area contributed by atoms with Crippen LogP contribution in [0.1, 0.15) is 6.42 Å². The fourth-order valence-electron chi connectivity index (χ4n) is 2.47. The molecule has 168 valence electrons. The predicted molar refractivity (Wildman–Crippen MR) is 99.0 cm³/mol. The van der Waals surface area contributed by atoms with Gasteiger partial charge in [-0.05, 0) is 18.6 Å². The number of benzene rings is 1. The molecule has 0 saturated heterocycles. The summed E-state index contributed by atoms with van der Waals surface area (Å²) in [6.45, 7) is -1.18. The number of para-hydroxylation sites is 1. The molecule has 0 aliphatic carbocycles. The normalized spacial score (nSPS) is 14.0. The summed E-state index contributed by atoms with van der Waals surface area (Å²) >= 11 is 0. The summed E-state index contributed by atoms with van der Waals surface area (Å²) in [6, 6.07) is 8.01. The molecule has 0 aromatic heterocycles. The van der Waals surface area contributed by atoms with Crippen LogP contribution in [0.2, 0.25) is 0 Å². The fourth-order valence-corrected chi connectivity index (χ4v) is 8.57. The summed E-state index contributed by atoms with van der Waals surface area (Å²) in [7, 11) is -23.3. The lowest BCUT2D eigenvalue weighted by molar-refractivity contribution is 0.187. The second-order valence-electron chi connectivity index (χ2n) is 5.80. The van der Waals surface area contributed by atoms with Crippen LogP contribution in [0.3, 0.4) is 0 Å². The van der Waals surface area contributed by atoms with Crippen molar-refractivity contribution in [1.82, 2.24) is 4.90 Å². The zero-order chi connectivity index (χ0) is 22.7. The molecule has 1 aromatic carbocycles. The first-order valence-electron chi connectivity index (χ1n) is 7.60. The first kappa shape index (κ1) is 26.6. The average molecular weight is 499 g/mol. The van der Waals surface area contributed by atoms with Crippen molar-refractivity contribution < 1.29 is 62.1 Å². The van der Waals surface area contributed by atoms with Crippen LogP contribution in [0, 0.1) is 0 Å². The lowest BCUT2D eigenvalue weighted by Crippen LogP contribution is -2.43. The van der Waals surface area contributed by atoms with E-state index in [1.54, 1.807) is 30.3 Å². The molecule has 0 radical (unpaired) electrons. The van der Waals surface area contributed by atoms with Crippen molar-refractivity contribution in [3.05, 3.63) is 30.3 Å². The Balaban J connectivity index is 3.26.